The van der Waals surface area contributed by atoms with E-state index in [2.05, 4.69) is 0 Å². The predicted octanol–water partition coefficient (Wildman–Crippen LogP) is -4.27. The maximum atomic E-state index is 12.3. The van der Waals surface area contributed by atoms with Crippen molar-refractivity contribution in [3.63, 3.8) is 0 Å². The Kier molecular flexibility index (Phi) is 3.71. The van der Waals surface area contributed by atoms with Gasteiger partial charge in [0, 0.05) is 12.0 Å². The van der Waals surface area contributed by atoms with Crippen molar-refractivity contribution < 1.29 is 50.8 Å². The first kappa shape index (κ1) is 17.9. The van der Waals surface area contributed by atoms with E-state index < -0.39 is 41.0 Å². The van der Waals surface area contributed by atoms with Gasteiger partial charge in [-0.15, -0.1) is 0 Å². The number of Topliss-reactive ketones (excluding diaryl/α,β-unsaturated/α-hetero) is 1. The van der Waals surface area contributed by atoms with Gasteiger partial charge in [-0.2, -0.15) is 0 Å². The number of carbonyl (C=O) groups is 1. The number of aliphatic hydroxyl groups is 9. The zero-order valence-electron chi connectivity index (χ0n) is 11.5. The molecule has 10 heteroatoms. The summed E-state index contributed by atoms with van der Waals surface area (Å²) in [7, 11) is 0. The van der Waals surface area contributed by atoms with Crippen LogP contribution in [0, 0.1) is 0 Å². The topological polar surface area (TPSA) is 199 Å². The number of ketones is 1. The third-order valence-electron chi connectivity index (χ3n) is 4.02. The number of rotatable bonds is 2. The van der Waals surface area contributed by atoms with Crippen LogP contribution in [0.3, 0.4) is 0 Å². The summed E-state index contributed by atoms with van der Waals surface area (Å²) in [5.74, 6) is -18.4. The molecule has 0 bridgehead atoms. The molecule has 1 aliphatic rings. The Bertz CT molecular complexity index is 621. The van der Waals surface area contributed by atoms with Gasteiger partial charge in [-0.25, -0.2) is 0 Å². The van der Waals surface area contributed by atoms with Gasteiger partial charge in [0.25, 0.3) is 17.4 Å². The van der Waals surface area contributed by atoms with Gasteiger partial charge >= 0.3 is 0 Å². The second kappa shape index (κ2) is 4.77. The molecular weight excluding hydrogens is 316 g/mol. The summed E-state index contributed by atoms with van der Waals surface area (Å²) >= 11 is 0. The molecule has 23 heavy (non-hydrogen) atoms. The molecule has 1 saturated carbocycles. The molecule has 0 amide bonds. The average molecular weight is 332 g/mol. The van der Waals surface area contributed by atoms with Crippen molar-refractivity contribution in [2.24, 2.45) is 0 Å². The van der Waals surface area contributed by atoms with Crippen LogP contribution in [0.15, 0.2) is 30.3 Å². The fourth-order valence-corrected chi connectivity index (χ4v) is 2.48. The summed E-state index contributed by atoms with van der Waals surface area (Å²) in [4.78, 5) is 12.3. The highest BCUT2D eigenvalue weighted by atomic mass is 16.7. The predicted molar refractivity (Wildman–Crippen MR) is 69.0 cm³/mol. The largest absolute Gasteiger partial charge is 0.376 e. The zero-order valence-corrected chi connectivity index (χ0v) is 11.5. The summed E-state index contributed by atoms with van der Waals surface area (Å²) in [5, 5.41) is 87.4. The summed E-state index contributed by atoms with van der Waals surface area (Å²) < 4.78 is 0. The molecule has 0 spiro atoms. The number of benzene rings is 1. The molecule has 2 rings (SSSR count). The smallest absolute Gasteiger partial charge is 0.283 e. The highest BCUT2D eigenvalue weighted by molar-refractivity contribution is 6.03. The number of hydrogen-bond donors (Lipinski definition) is 9. The Morgan fingerprint density at radius 2 is 1.22 bits per heavy atom. The average Bonchev–Trinajstić information content (AvgIpc) is 2.45. The molecule has 1 unspecified atom stereocenters. The van der Waals surface area contributed by atoms with Crippen LogP contribution < -0.4 is 0 Å². The van der Waals surface area contributed by atoms with Crippen molar-refractivity contribution in [3.8, 4) is 0 Å². The van der Waals surface area contributed by atoms with Crippen molar-refractivity contribution in [3.05, 3.63) is 35.9 Å². The lowest BCUT2D eigenvalue weighted by Crippen LogP contribution is -2.88. The summed E-state index contributed by atoms with van der Waals surface area (Å²) in [6.45, 7) is 0. The van der Waals surface area contributed by atoms with Gasteiger partial charge in [0.2, 0.25) is 5.79 Å². The molecule has 1 aliphatic carbocycles. The second-order valence-corrected chi connectivity index (χ2v) is 5.57. The zero-order chi connectivity index (χ0) is 17.9. The van der Waals surface area contributed by atoms with Crippen LogP contribution >= 0.6 is 0 Å². The molecule has 0 radical (unpaired) electrons. The molecule has 128 valence electrons. The van der Waals surface area contributed by atoms with Crippen LogP contribution in [0.4, 0.5) is 0 Å². The third kappa shape index (κ3) is 2.06. The molecule has 10 nitrogen and oxygen atoms in total. The van der Waals surface area contributed by atoms with E-state index in [1.807, 2.05) is 0 Å². The second-order valence-electron chi connectivity index (χ2n) is 5.57. The normalized spacial score (nSPS) is 30.7. The van der Waals surface area contributed by atoms with E-state index in [1.165, 1.54) is 18.2 Å². The fourth-order valence-electron chi connectivity index (χ4n) is 2.48. The molecule has 0 heterocycles. The molecule has 1 aromatic carbocycles. The van der Waals surface area contributed by atoms with Crippen molar-refractivity contribution in [2.45, 2.75) is 35.2 Å². The van der Waals surface area contributed by atoms with E-state index in [1.54, 1.807) is 0 Å². The van der Waals surface area contributed by atoms with Gasteiger partial charge in [0.15, 0.2) is 11.4 Å². The lowest BCUT2D eigenvalue weighted by Gasteiger charge is -2.57. The minimum absolute atomic E-state index is 0.336. The van der Waals surface area contributed by atoms with E-state index in [9.17, 15) is 50.8 Å². The molecule has 1 fully saturated rings. The van der Waals surface area contributed by atoms with E-state index in [0.717, 1.165) is 12.1 Å². The van der Waals surface area contributed by atoms with Crippen LogP contribution in [-0.4, -0.2) is 80.5 Å². The van der Waals surface area contributed by atoms with Crippen molar-refractivity contribution in [2.75, 3.05) is 0 Å². The van der Waals surface area contributed by atoms with Gasteiger partial charge in [-0.05, 0) is 0 Å². The Hall–Kier alpha value is -1.47. The third-order valence-corrected chi connectivity index (χ3v) is 4.02. The van der Waals surface area contributed by atoms with E-state index in [-0.39, 0.29) is 5.56 Å². The minimum Gasteiger partial charge on any atom is -0.376 e. The number of hydrogen-bond acceptors (Lipinski definition) is 10. The summed E-state index contributed by atoms with van der Waals surface area (Å²) in [6.07, 6.45) is -1.74. The van der Waals surface area contributed by atoms with Gasteiger partial charge in [-0.1, -0.05) is 30.3 Å². The van der Waals surface area contributed by atoms with E-state index in [0.29, 0.717) is 0 Å². The lowest BCUT2D eigenvalue weighted by atomic mass is 9.65. The maximum Gasteiger partial charge on any atom is 0.283 e. The number of carbonyl (C=O) groups excluding carboxylic acids is 1. The van der Waals surface area contributed by atoms with Gasteiger partial charge < -0.3 is 46.0 Å². The Morgan fingerprint density at radius 3 is 1.70 bits per heavy atom. The van der Waals surface area contributed by atoms with Gasteiger partial charge in [-0.3, -0.25) is 4.79 Å². The first-order chi connectivity index (χ1) is 10.2. The highest BCUT2D eigenvalue weighted by Crippen LogP contribution is 2.50. The lowest BCUT2D eigenvalue weighted by molar-refractivity contribution is -0.547. The van der Waals surface area contributed by atoms with Crippen molar-refractivity contribution in [1.29, 1.82) is 0 Å². The molecule has 1 aromatic rings. The molecule has 0 aromatic heterocycles. The summed E-state index contributed by atoms with van der Waals surface area (Å²) in [6, 6.07) is 6.43. The van der Waals surface area contributed by atoms with E-state index >= 15 is 0 Å². The van der Waals surface area contributed by atoms with Crippen LogP contribution in [0.2, 0.25) is 0 Å². The first-order valence-electron chi connectivity index (χ1n) is 6.33. The van der Waals surface area contributed by atoms with Gasteiger partial charge in [0.05, 0.1) is 0 Å². The highest BCUT2D eigenvalue weighted by Gasteiger charge is 2.83. The SMILES string of the molecule is O=C(c1ccccc1)C1(O)CC(O)(O)C(O)(O)C(O)(O)C1(O)O. The van der Waals surface area contributed by atoms with Crippen LogP contribution in [-0.2, 0) is 0 Å². The molecule has 0 aliphatic heterocycles. The Morgan fingerprint density at radius 1 is 0.739 bits per heavy atom. The van der Waals surface area contributed by atoms with Crippen LogP contribution in [0.5, 0.6) is 0 Å². The van der Waals surface area contributed by atoms with Crippen LogP contribution in [0.25, 0.3) is 0 Å². The quantitative estimate of drug-likeness (QED) is 0.189. The summed E-state index contributed by atoms with van der Waals surface area (Å²) in [5.41, 5.74) is -3.92. The molecule has 0 saturated heterocycles. The fraction of sp³-hybridized carbons (Fsp3) is 0.462. The van der Waals surface area contributed by atoms with E-state index in [4.69, 9.17) is 0 Å². The minimum atomic E-state index is -4.50. The van der Waals surface area contributed by atoms with Gasteiger partial charge in [0.1, 0.15) is 0 Å². The molecule has 9 N–H and O–H groups in total. The van der Waals surface area contributed by atoms with Crippen LogP contribution in [0.1, 0.15) is 16.8 Å². The molecular formula is C13H16O10. The molecule has 1 atom stereocenters. The van der Waals surface area contributed by atoms with Crippen molar-refractivity contribution >= 4 is 5.78 Å². The monoisotopic (exact) mass is 332 g/mol. The Balaban J connectivity index is 2.65. The maximum absolute atomic E-state index is 12.3. The standard InChI is InChI=1S/C13H16O10/c14-8(7-4-2-1-3-5-7)9(15)6-10(16,17)12(20,21)13(22,23)11(9,18)19/h1-5,15-23H,6H2. The Labute approximate surface area is 128 Å². The van der Waals surface area contributed by atoms with Crippen molar-refractivity contribution in [1.82, 2.24) is 0 Å². The first-order valence-corrected chi connectivity index (χ1v) is 6.33.